The van der Waals surface area contributed by atoms with Gasteiger partial charge in [-0.2, -0.15) is 13.2 Å². The second-order valence-corrected chi connectivity index (χ2v) is 5.14. The maximum atomic E-state index is 12.8. The summed E-state index contributed by atoms with van der Waals surface area (Å²) in [6.07, 6.45) is -2.67. The highest BCUT2D eigenvalue weighted by Gasteiger charge is 2.30. The number of hydrogen-bond acceptors (Lipinski definition) is 2. The molecule has 2 nitrogen and oxygen atoms in total. The molecule has 1 aliphatic heterocycles. The Balaban J connectivity index is 2.22. The van der Waals surface area contributed by atoms with Crippen molar-refractivity contribution in [2.24, 2.45) is 0 Å². The van der Waals surface area contributed by atoms with Crippen LogP contribution in [-0.4, -0.2) is 18.1 Å². The fourth-order valence-electron chi connectivity index (χ4n) is 2.79. The Morgan fingerprint density at radius 1 is 1.15 bits per heavy atom. The number of aryl methyl sites for hydroxylation is 1. The van der Waals surface area contributed by atoms with Crippen LogP contribution >= 0.6 is 0 Å². The number of aromatic nitrogens is 1. The number of benzene rings is 1. The first-order chi connectivity index (χ1) is 9.47. The Labute approximate surface area is 115 Å². The number of pyridine rings is 1. The van der Waals surface area contributed by atoms with Gasteiger partial charge in [-0.1, -0.05) is 6.07 Å². The number of nitrogens with one attached hydrogen (secondary N) is 1. The molecule has 0 atom stereocenters. The molecule has 5 heteroatoms. The van der Waals surface area contributed by atoms with Gasteiger partial charge in [0.2, 0.25) is 0 Å². The van der Waals surface area contributed by atoms with E-state index in [9.17, 15) is 13.2 Å². The van der Waals surface area contributed by atoms with Crippen molar-refractivity contribution in [2.75, 3.05) is 13.1 Å². The van der Waals surface area contributed by atoms with Crippen LogP contribution in [0.3, 0.4) is 0 Å². The smallest absolute Gasteiger partial charge is 0.316 e. The average molecular weight is 280 g/mol. The van der Waals surface area contributed by atoms with Gasteiger partial charge in [-0.15, -0.1) is 0 Å². The second-order valence-electron chi connectivity index (χ2n) is 5.14. The van der Waals surface area contributed by atoms with Gasteiger partial charge in [-0.3, -0.25) is 4.98 Å². The van der Waals surface area contributed by atoms with E-state index in [1.54, 1.807) is 6.07 Å². The average Bonchev–Trinajstić information content (AvgIpc) is 2.63. The summed E-state index contributed by atoms with van der Waals surface area (Å²) in [4.78, 5) is 4.47. The summed E-state index contributed by atoms with van der Waals surface area (Å²) in [6, 6.07) is 3.83. The third-order valence-corrected chi connectivity index (χ3v) is 3.88. The molecule has 2 heterocycles. The molecule has 20 heavy (non-hydrogen) atoms. The molecule has 0 aliphatic carbocycles. The number of alkyl halides is 3. The monoisotopic (exact) mass is 280 g/mol. The van der Waals surface area contributed by atoms with Gasteiger partial charge in [0.05, 0.1) is 11.1 Å². The molecule has 0 saturated heterocycles. The quantitative estimate of drug-likeness (QED) is 0.801. The molecule has 0 saturated carbocycles. The topological polar surface area (TPSA) is 24.9 Å². The molecule has 0 spiro atoms. The summed E-state index contributed by atoms with van der Waals surface area (Å²) >= 11 is 0. The third kappa shape index (κ3) is 2.26. The van der Waals surface area contributed by atoms with Crippen LogP contribution in [0.1, 0.15) is 22.4 Å². The molecular formula is C15H15F3N2. The first kappa shape index (κ1) is 13.4. The van der Waals surface area contributed by atoms with E-state index in [2.05, 4.69) is 10.3 Å². The fourth-order valence-corrected chi connectivity index (χ4v) is 2.79. The standard InChI is InChI=1S/C15H15F3N2/c1-9-11-3-2-10(15(16,17)18)8-14(11)20-13-5-7-19-6-4-12(9)13/h2-3,8,19H,4-7H2,1H3. The van der Waals surface area contributed by atoms with Crippen LogP contribution in [0.5, 0.6) is 0 Å². The molecule has 1 aliphatic rings. The molecule has 3 rings (SSSR count). The van der Waals surface area contributed by atoms with Gasteiger partial charge < -0.3 is 5.32 Å². The zero-order valence-corrected chi connectivity index (χ0v) is 11.1. The van der Waals surface area contributed by atoms with E-state index in [0.29, 0.717) is 5.52 Å². The molecule has 0 unspecified atom stereocenters. The van der Waals surface area contributed by atoms with Crippen LogP contribution in [0.25, 0.3) is 10.9 Å². The minimum absolute atomic E-state index is 0.443. The molecule has 106 valence electrons. The molecule has 0 bridgehead atoms. The SMILES string of the molecule is Cc1c2c(nc3cc(C(F)(F)F)ccc13)CCNCC2. The van der Waals surface area contributed by atoms with Crippen LogP contribution < -0.4 is 5.32 Å². The predicted octanol–water partition coefficient (Wildman–Crippen LogP) is 3.25. The Bertz CT molecular complexity index is 662. The first-order valence-corrected chi connectivity index (χ1v) is 6.67. The van der Waals surface area contributed by atoms with E-state index in [-0.39, 0.29) is 0 Å². The minimum atomic E-state index is -4.32. The van der Waals surface area contributed by atoms with Crippen LogP contribution in [0.4, 0.5) is 13.2 Å². The molecule has 2 aromatic rings. The summed E-state index contributed by atoms with van der Waals surface area (Å²) in [5.41, 5.74) is 2.98. The fraction of sp³-hybridized carbons (Fsp3) is 0.400. The van der Waals surface area contributed by atoms with Crippen molar-refractivity contribution in [1.82, 2.24) is 10.3 Å². The number of fused-ring (bicyclic) bond motifs is 2. The molecule has 1 N–H and O–H groups in total. The van der Waals surface area contributed by atoms with E-state index in [1.807, 2.05) is 6.92 Å². The van der Waals surface area contributed by atoms with Crippen LogP contribution in [0.15, 0.2) is 18.2 Å². The Kier molecular flexibility index (Phi) is 3.17. The Hall–Kier alpha value is -1.62. The van der Waals surface area contributed by atoms with Crippen LogP contribution in [0, 0.1) is 6.92 Å². The second kappa shape index (κ2) is 4.74. The van der Waals surface area contributed by atoms with Crippen molar-refractivity contribution in [2.45, 2.75) is 25.9 Å². The molecular weight excluding hydrogens is 265 g/mol. The van der Waals surface area contributed by atoms with Gasteiger partial charge in [0.15, 0.2) is 0 Å². The number of rotatable bonds is 0. The lowest BCUT2D eigenvalue weighted by Crippen LogP contribution is -2.16. The summed E-state index contributed by atoms with van der Waals surface area (Å²) in [6.45, 7) is 3.69. The maximum absolute atomic E-state index is 12.8. The number of halogens is 3. The van der Waals surface area contributed by atoms with Crippen molar-refractivity contribution in [1.29, 1.82) is 0 Å². The van der Waals surface area contributed by atoms with Gasteiger partial charge in [0.25, 0.3) is 0 Å². The summed E-state index contributed by atoms with van der Waals surface area (Å²) < 4.78 is 38.3. The van der Waals surface area contributed by atoms with Crippen molar-refractivity contribution in [3.05, 3.63) is 40.6 Å². The van der Waals surface area contributed by atoms with Gasteiger partial charge in [0.1, 0.15) is 0 Å². The molecule has 1 aromatic heterocycles. The highest BCUT2D eigenvalue weighted by atomic mass is 19.4. The zero-order chi connectivity index (χ0) is 14.3. The highest BCUT2D eigenvalue weighted by molar-refractivity contribution is 5.84. The molecule has 0 radical (unpaired) electrons. The van der Waals surface area contributed by atoms with E-state index < -0.39 is 11.7 Å². The normalized spacial score (nSPS) is 16.0. The summed E-state index contributed by atoms with van der Waals surface area (Å²) in [7, 11) is 0. The van der Waals surface area contributed by atoms with Gasteiger partial charge in [-0.25, -0.2) is 0 Å². The van der Waals surface area contributed by atoms with Crippen molar-refractivity contribution in [3.63, 3.8) is 0 Å². The predicted molar refractivity (Wildman–Crippen MR) is 71.8 cm³/mol. The first-order valence-electron chi connectivity index (χ1n) is 6.67. The van der Waals surface area contributed by atoms with Crippen molar-refractivity contribution < 1.29 is 13.2 Å². The van der Waals surface area contributed by atoms with Crippen LogP contribution in [0.2, 0.25) is 0 Å². The van der Waals surface area contributed by atoms with Crippen molar-refractivity contribution >= 4 is 10.9 Å². The molecule has 1 aromatic carbocycles. The van der Waals surface area contributed by atoms with Crippen molar-refractivity contribution in [3.8, 4) is 0 Å². The summed E-state index contributed by atoms with van der Waals surface area (Å²) in [5.74, 6) is 0. The lowest BCUT2D eigenvalue weighted by atomic mass is 9.97. The largest absolute Gasteiger partial charge is 0.416 e. The number of hydrogen-bond donors (Lipinski definition) is 1. The Morgan fingerprint density at radius 3 is 2.65 bits per heavy atom. The van der Waals surface area contributed by atoms with E-state index >= 15 is 0 Å². The number of nitrogens with zero attached hydrogens (tertiary/aromatic N) is 1. The maximum Gasteiger partial charge on any atom is 0.416 e. The highest BCUT2D eigenvalue weighted by Crippen LogP contribution is 2.33. The molecule has 0 fully saturated rings. The van der Waals surface area contributed by atoms with E-state index in [0.717, 1.165) is 54.7 Å². The summed E-state index contributed by atoms with van der Waals surface area (Å²) in [5, 5.41) is 4.11. The van der Waals surface area contributed by atoms with Crippen LogP contribution in [-0.2, 0) is 19.0 Å². The van der Waals surface area contributed by atoms with E-state index in [1.165, 1.54) is 5.56 Å². The Morgan fingerprint density at radius 2 is 1.90 bits per heavy atom. The van der Waals surface area contributed by atoms with Gasteiger partial charge in [0, 0.05) is 24.0 Å². The zero-order valence-electron chi connectivity index (χ0n) is 11.1. The van der Waals surface area contributed by atoms with Gasteiger partial charge in [-0.05, 0) is 43.1 Å². The lowest BCUT2D eigenvalue weighted by molar-refractivity contribution is -0.137. The van der Waals surface area contributed by atoms with Gasteiger partial charge >= 0.3 is 6.18 Å². The lowest BCUT2D eigenvalue weighted by Gasteiger charge is -2.14. The minimum Gasteiger partial charge on any atom is -0.316 e. The third-order valence-electron chi connectivity index (χ3n) is 3.88. The van der Waals surface area contributed by atoms with E-state index in [4.69, 9.17) is 0 Å². The molecule has 0 amide bonds.